The van der Waals surface area contributed by atoms with Crippen molar-refractivity contribution in [3.63, 3.8) is 0 Å². The number of carbonyl (C=O) groups excluding carboxylic acids is 1. The molecule has 0 saturated carbocycles. The fourth-order valence-corrected chi connectivity index (χ4v) is 5.70. The number of fused-ring (bicyclic) bond motifs is 1. The molecule has 0 bridgehead atoms. The van der Waals surface area contributed by atoms with Gasteiger partial charge >= 0.3 is 6.18 Å². The van der Waals surface area contributed by atoms with Crippen LogP contribution in [0.2, 0.25) is 0 Å². The highest BCUT2D eigenvalue weighted by molar-refractivity contribution is 7.90. The number of hydrogen-bond donors (Lipinski definition) is 2. The van der Waals surface area contributed by atoms with Crippen molar-refractivity contribution in [2.75, 3.05) is 44.9 Å². The van der Waals surface area contributed by atoms with Gasteiger partial charge in [-0.2, -0.15) is 13.2 Å². The van der Waals surface area contributed by atoms with Crippen molar-refractivity contribution in [2.24, 2.45) is 5.92 Å². The Morgan fingerprint density at radius 3 is 2.64 bits per heavy atom. The first-order chi connectivity index (χ1) is 19.8. The first-order valence-corrected chi connectivity index (χ1v) is 15.4. The summed E-state index contributed by atoms with van der Waals surface area (Å²) in [4.78, 5) is 20.0. The first kappa shape index (κ1) is 31.2. The highest BCUT2D eigenvalue weighted by atomic mass is 32.2. The van der Waals surface area contributed by atoms with Crippen LogP contribution in [-0.2, 0) is 16.4 Å². The Kier molecular flexibility index (Phi) is 9.37. The van der Waals surface area contributed by atoms with Crippen LogP contribution in [-0.4, -0.2) is 80.5 Å². The van der Waals surface area contributed by atoms with Gasteiger partial charge in [0.05, 0.1) is 41.6 Å². The van der Waals surface area contributed by atoms with E-state index < -0.39 is 28.5 Å². The van der Waals surface area contributed by atoms with Gasteiger partial charge in [-0.25, -0.2) is 13.4 Å². The zero-order valence-electron chi connectivity index (χ0n) is 23.9. The Balaban J connectivity index is 1.62. The molecule has 1 saturated heterocycles. The van der Waals surface area contributed by atoms with Crippen LogP contribution in [0.1, 0.15) is 36.2 Å². The van der Waals surface area contributed by atoms with E-state index in [0.29, 0.717) is 17.0 Å². The van der Waals surface area contributed by atoms with Gasteiger partial charge in [-0.15, -0.1) is 0 Å². The Labute approximate surface area is 243 Å². The van der Waals surface area contributed by atoms with Crippen molar-refractivity contribution in [1.82, 2.24) is 19.8 Å². The minimum Gasteiger partial charge on any atom is -0.495 e. The number of imidazole rings is 1. The van der Waals surface area contributed by atoms with E-state index in [1.54, 1.807) is 0 Å². The number of carbonyl (C=O) groups is 1. The number of sulfone groups is 1. The minimum absolute atomic E-state index is 0.0679. The van der Waals surface area contributed by atoms with Crippen LogP contribution in [0.5, 0.6) is 5.75 Å². The van der Waals surface area contributed by atoms with Gasteiger partial charge in [-0.3, -0.25) is 4.79 Å². The predicted molar refractivity (Wildman–Crippen MR) is 154 cm³/mol. The molecule has 42 heavy (non-hydrogen) atoms. The summed E-state index contributed by atoms with van der Waals surface area (Å²) < 4.78 is 70.0. The fourth-order valence-electron chi connectivity index (χ4n) is 5.05. The van der Waals surface area contributed by atoms with Crippen LogP contribution in [0.4, 0.5) is 18.9 Å². The smallest absolute Gasteiger partial charge is 0.406 e. The normalized spacial score (nSPS) is 17.9. The molecule has 2 heterocycles. The van der Waals surface area contributed by atoms with E-state index in [-0.39, 0.29) is 40.0 Å². The highest BCUT2D eigenvalue weighted by Crippen LogP contribution is 2.28. The van der Waals surface area contributed by atoms with Gasteiger partial charge in [0.1, 0.15) is 17.8 Å². The number of nitrogens with zero attached hydrogens (tertiary/aromatic N) is 3. The molecule has 226 valence electrons. The molecule has 9 nitrogen and oxygen atoms in total. The number of alkyl halides is 3. The molecule has 1 aliphatic rings. The molecule has 1 aliphatic heterocycles. The summed E-state index contributed by atoms with van der Waals surface area (Å²) in [5.41, 5.74) is 1.22. The lowest BCUT2D eigenvalue weighted by Crippen LogP contribution is -2.49. The van der Waals surface area contributed by atoms with E-state index in [9.17, 15) is 26.4 Å². The number of rotatable bonds is 8. The van der Waals surface area contributed by atoms with Crippen molar-refractivity contribution in [3.8, 4) is 17.6 Å². The number of nitrogens with one attached hydrogen (secondary N) is 2. The summed E-state index contributed by atoms with van der Waals surface area (Å²) >= 11 is 0. The van der Waals surface area contributed by atoms with Crippen molar-refractivity contribution in [3.05, 3.63) is 47.8 Å². The standard InChI is InChI=1S/C29H34F3N5O4S/c1-5-36-12-10-23(19(2)16-36)35-28(38)22-13-20(14-25-27(22)34-18-37(25)17-29(30,31)32)7-6-11-33-24-15-21(42(4,39)40)8-9-26(24)41-3/h8-9,13-15,18-19,23,33H,5,10-12,16-17H2,1-4H3,(H,35,38). The first-order valence-electron chi connectivity index (χ1n) is 13.5. The molecule has 2 N–H and O–H groups in total. The molecular formula is C29H34F3N5O4S. The van der Waals surface area contributed by atoms with Crippen LogP contribution in [0.3, 0.4) is 0 Å². The quantitative estimate of drug-likeness (QED) is 0.375. The maximum Gasteiger partial charge on any atom is 0.406 e. The highest BCUT2D eigenvalue weighted by Gasteiger charge is 2.30. The largest absolute Gasteiger partial charge is 0.495 e. The van der Waals surface area contributed by atoms with Gasteiger partial charge in [0.25, 0.3) is 5.91 Å². The lowest BCUT2D eigenvalue weighted by Gasteiger charge is -2.36. The molecule has 13 heteroatoms. The van der Waals surface area contributed by atoms with Crippen molar-refractivity contribution in [1.29, 1.82) is 0 Å². The molecule has 1 fully saturated rings. The second kappa shape index (κ2) is 12.6. The number of piperidine rings is 1. The maximum atomic E-state index is 13.4. The fraction of sp³-hybridized carbons (Fsp3) is 0.448. The third-order valence-electron chi connectivity index (χ3n) is 7.27. The monoisotopic (exact) mass is 605 g/mol. The number of anilines is 1. The van der Waals surface area contributed by atoms with Gasteiger partial charge in [0, 0.05) is 31.0 Å². The van der Waals surface area contributed by atoms with Crippen LogP contribution in [0, 0.1) is 17.8 Å². The van der Waals surface area contributed by atoms with Gasteiger partial charge in [0.15, 0.2) is 9.84 Å². The topological polar surface area (TPSA) is 106 Å². The third-order valence-corrected chi connectivity index (χ3v) is 8.38. The molecule has 0 radical (unpaired) electrons. The lowest BCUT2D eigenvalue weighted by atomic mass is 9.93. The molecule has 0 aliphatic carbocycles. The van der Waals surface area contributed by atoms with Crippen LogP contribution < -0.4 is 15.4 Å². The zero-order valence-corrected chi connectivity index (χ0v) is 24.7. The molecule has 4 rings (SSSR count). The molecular weight excluding hydrogens is 571 g/mol. The molecule has 3 aromatic rings. The summed E-state index contributed by atoms with van der Waals surface area (Å²) in [6.07, 6.45) is -1.54. The molecule has 2 atom stereocenters. The maximum absolute atomic E-state index is 13.4. The van der Waals surface area contributed by atoms with Crippen LogP contribution >= 0.6 is 0 Å². The Bertz CT molecular complexity index is 1630. The molecule has 2 unspecified atom stereocenters. The minimum atomic E-state index is -4.48. The summed E-state index contributed by atoms with van der Waals surface area (Å²) in [5.74, 6) is 6.01. The Morgan fingerprint density at radius 1 is 1.24 bits per heavy atom. The SMILES string of the molecule is CCN1CCC(NC(=O)c2cc(C#CCNc3cc(S(C)(=O)=O)ccc3OC)cc3c2ncn3CC(F)(F)F)C(C)C1. The van der Waals surface area contributed by atoms with E-state index in [2.05, 4.69) is 46.2 Å². The van der Waals surface area contributed by atoms with E-state index in [1.165, 1.54) is 37.4 Å². The number of aromatic nitrogens is 2. The van der Waals surface area contributed by atoms with Crippen molar-refractivity contribution < 1.29 is 31.1 Å². The predicted octanol–water partition coefficient (Wildman–Crippen LogP) is 3.93. The van der Waals surface area contributed by atoms with E-state index in [0.717, 1.165) is 43.2 Å². The number of methoxy groups -OCH3 is 1. The van der Waals surface area contributed by atoms with Gasteiger partial charge in [-0.1, -0.05) is 25.7 Å². The Hall–Kier alpha value is -3.76. The second-order valence-electron chi connectivity index (χ2n) is 10.4. The zero-order chi connectivity index (χ0) is 30.7. The van der Waals surface area contributed by atoms with Crippen molar-refractivity contribution >= 4 is 32.5 Å². The lowest BCUT2D eigenvalue weighted by molar-refractivity contribution is -0.139. The number of amides is 1. The summed E-state index contributed by atoms with van der Waals surface area (Å²) in [6, 6.07) is 7.33. The Morgan fingerprint density at radius 2 is 2.00 bits per heavy atom. The second-order valence-corrected chi connectivity index (χ2v) is 12.4. The molecule has 1 amide bonds. The van der Waals surface area contributed by atoms with E-state index >= 15 is 0 Å². The third kappa shape index (κ3) is 7.54. The average molecular weight is 606 g/mol. The number of ether oxygens (including phenoxy) is 1. The summed E-state index contributed by atoms with van der Waals surface area (Å²) in [6.45, 7) is 5.57. The van der Waals surface area contributed by atoms with Gasteiger partial charge in [-0.05, 0) is 49.2 Å². The van der Waals surface area contributed by atoms with E-state index in [1.807, 2.05) is 0 Å². The van der Waals surface area contributed by atoms with Gasteiger partial charge < -0.3 is 24.8 Å². The van der Waals surface area contributed by atoms with Crippen LogP contribution in [0.15, 0.2) is 41.6 Å². The average Bonchev–Trinajstić information content (AvgIpc) is 3.31. The number of hydrogen-bond acceptors (Lipinski definition) is 7. The van der Waals surface area contributed by atoms with Gasteiger partial charge in [0.2, 0.25) is 0 Å². The van der Waals surface area contributed by atoms with E-state index in [4.69, 9.17) is 4.74 Å². The summed E-state index contributed by atoms with van der Waals surface area (Å²) in [5, 5.41) is 6.08. The van der Waals surface area contributed by atoms with Crippen molar-refractivity contribution in [2.45, 2.75) is 43.9 Å². The number of benzene rings is 2. The number of halogens is 3. The molecule has 0 spiro atoms. The summed E-state index contributed by atoms with van der Waals surface area (Å²) in [7, 11) is -2.00. The van der Waals surface area contributed by atoms with Crippen LogP contribution in [0.25, 0.3) is 11.0 Å². The number of likely N-dealkylation sites (tertiary alicyclic amines) is 1. The molecule has 2 aromatic carbocycles. The molecule has 1 aromatic heterocycles.